The molecule has 1 aromatic carbocycles. The van der Waals surface area contributed by atoms with Crippen LogP contribution < -0.4 is 11.1 Å². The van der Waals surface area contributed by atoms with Gasteiger partial charge in [-0.2, -0.15) is 0 Å². The van der Waals surface area contributed by atoms with E-state index in [-0.39, 0.29) is 17.4 Å². The molecular weight excluding hydrogens is 179 g/mol. The van der Waals surface area contributed by atoms with E-state index in [0.29, 0.717) is 5.56 Å². The molecule has 1 unspecified atom stereocenters. The van der Waals surface area contributed by atoms with E-state index in [1.54, 1.807) is 12.1 Å². The van der Waals surface area contributed by atoms with Crippen LogP contribution in [0, 0.1) is 5.82 Å². The molecule has 1 fully saturated rings. The largest absolute Gasteiger partial charge is 0.323 e. The summed E-state index contributed by atoms with van der Waals surface area (Å²) in [4.78, 5) is 0. The van der Waals surface area contributed by atoms with Gasteiger partial charge in [-0.1, -0.05) is 18.2 Å². The summed E-state index contributed by atoms with van der Waals surface area (Å²) in [5.74, 6) is -0.177. The maximum atomic E-state index is 13.5. The van der Waals surface area contributed by atoms with E-state index in [0.717, 1.165) is 12.8 Å². The topological polar surface area (TPSA) is 38.0 Å². The van der Waals surface area contributed by atoms with Crippen molar-refractivity contribution in [3.8, 4) is 0 Å². The normalized spacial score (nSPS) is 20.5. The molecular formula is C11H15FN2. The molecule has 0 amide bonds. The van der Waals surface area contributed by atoms with Gasteiger partial charge in [0.2, 0.25) is 0 Å². The lowest BCUT2D eigenvalue weighted by Crippen LogP contribution is -2.38. The molecule has 1 saturated carbocycles. The number of nitrogens with one attached hydrogen (secondary N) is 1. The zero-order chi connectivity index (χ0) is 10.2. The zero-order valence-corrected chi connectivity index (χ0v) is 8.26. The molecule has 0 bridgehead atoms. The fraction of sp³-hybridized carbons (Fsp3) is 0.455. The predicted molar refractivity (Wildman–Crippen MR) is 54.4 cm³/mol. The second-order valence-corrected chi connectivity index (χ2v) is 3.98. The molecule has 0 radical (unpaired) electrons. The Morgan fingerprint density at radius 1 is 1.43 bits per heavy atom. The van der Waals surface area contributed by atoms with Gasteiger partial charge in [0.15, 0.2) is 0 Å². The molecule has 0 aliphatic heterocycles. The summed E-state index contributed by atoms with van der Waals surface area (Å²) in [5.41, 5.74) is 6.51. The van der Waals surface area contributed by atoms with Crippen LogP contribution in [0.3, 0.4) is 0 Å². The van der Waals surface area contributed by atoms with Crippen molar-refractivity contribution in [3.05, 3.63) is 35.6 Å². The van der Waals surface area contributed by atoms with Crippen LogP contribution in [-0.2, 0) is 0 Å². The standard InChI is InChI=1S/C11H15FN2/c1-14-10(11(13)6-7-11)8-4-2-3-5-9(8)12/h2-5,10,14H,6-7,13H2,1H3. The van der Waals surface area contributed by atoms with Gasteiger partial charge in [-0.25, -0.2) is 4.39 Å². The second-order valence-electron chi connectivity index (χ2n) is 3.98. The average molecular weight is 194 g/mol. The quantitative estimate of drug-likeness (QED) is 0.766. The summed E-state index contributed by atoms with van der Waals surface area (Å²) in [6, 6.07) is 6.74. The fourth-order valence-electron chi connectivity index (χ4n) is 1.89. The van der Waals surface area contributed by atoms with Crippen molar-refractivity contribution < 1.29 is 4.39 Å². The van der Waals surface area contributed by atoms with Crippen molar-refractivity contribution in [1.82, 2.24) is 5.32 Å². The molecule has 0 saturated heterocycles. The molecule has 1 atom stereocenters. The Labute approximate surface area is 83.3 Å². The van der Waals surface area contributed by atoms with Crippen LogP contribution in [0.25, 0.3) is 0 Å². The summed E-state index contributed by atoms with van der Waals surface area (Å²) < 4.78 is 13.5. The van der Waals surface area contributed by atoms with Crippen LogP contribution in [0.15, 0.2) is 24.3 Å². The third-order valence-electron chi connectivity index (χ3n) is 2.91. The van der Waals surface area contributed by atoms with Gasteiger partial charge >= 0.3 is 0 Å². The Bertz CT molecular complexity index is 334. The van der Waals surface area contributed by atoms with Crippen LogP contribution in [-0.4, -0.2) is 12.6 Å². The number of benzene rings is 1. The van der Waals surface area contributed by atoms with Gasteiger partial charge in [-0.05, 0) is 26.0 Å². The van der Waals surface area contributed by atoms with Gasteiger partial charge < -0.3 is 11.1 Å². The molecule has 2 rings (SSSR count). The van der Waals surface area contributed by atoms with Crippen molar-refractivity contribution in [3.63, 3.8) is 0 Å². The number of hydrogen-bond donors (Lipinski definition) is 2. The van der Waals surface area contributed by atoms with E-state index >= 15 is 0 Å². The minimum Gasteiger partial charge on any atom is -0.323 e. The third kappa shape index (κ3) is 1.53. The van der Waals surface area contributed by atoms with E-state index in [1.807, 2.05) is 13.1 Å². The Hall–Kier alpha value is -0.930. The van der Waals surface area contributed by atoms with Gasteiger partial charge in [0, 0.05) is 11.1 Å². The Kier molecular flexibility index (Phi) is 2.29. The maximum Gasteiger partial charge on any atom is 0.128 e. The lowest BCUT2D eigenvalue weighted by molar-refractivity contribution is 0.440. The van der Waals surface area contributed by atoms with Gasteiger partial charge in [0.1, 0.15) is 5.82 Å². The highest BCUT2D eigenvalue weighted by Crippen LogP contribution is 2.43. The molecule has 76 valence electrons. The number of likely N-dealkylation sites (N-methyl/N-ethyl adjacent to an activating group) is 1. The predicted octanol–water partition coefficient (Wildman–Crippen LogP) is 1.58. The first-order valence-electron chi connectivity index (χ1n) is 4.88. The molecule has 0 aromatic heterocycles. The van der Waals surface area contributed by atoms with Crippen molar-refractivity contribution in [1.29, 1.82) is 0 Å². The van der Waals surface area contributed by atoms with Gasteiger partial charge in [-0.3, -0.25) is 0 Å². The highest BCUT2D eigenvalue weighted by molar-refractivity contribution is 5.27. The summed E-state index contributed by atoms with van der Waals surface area (Å²) in [7, 11) is 1.82. The fourth-order valence-corrected chi connectivity index (χ4v) is 1.89. The molecule has 3 N–H and O–H groups in total. The van der Waals surface area contributed by atoms with Crippen LogP contribution in [0.4, 0.5) is 4.39 Å². The van der Waals surface area contributed by atoms with E-state index in [1.165, 1.54) is 6.07 Å². The van der Waals surface area contributed by atoms with Gasteiger partial charge in [0.25, 0.3) is 0 Å². The molecule has 1 aliphatic carbocycles. The van der Waals surface area contributed by atoms with Crippen molar-refractivity contribution in [2.75, 3.05) is 7.05 Å². The molecule has 0 heterocycles. The van der Waals surface area contributed by atoms with E-state index in [9.17, 15) is 4.39 Å². The first-order chi connectivity index (χ1) is 6.67. The molecule has 1 aliphatic rings. The van der Waals surface area contributed by atoms with Crippen LogP contribution in [0.2, 0.25) is 0 Å². The first-order valence-corrected chi connectivity index (χ1v) is 4.88. The Morgan fingerprint density at radius 3 is 2.57 bits per heavy atom. The highest BCUT2D eigenvalue weighted by atomic mass is 19.1. The van der Waals surface area contributed by atoms with E-state index < -0.39 is 0 Å². The minimum atomic E-state index is -0.239. The zero-order valence-electron chi connectivity index (χ0n) is 8.26. The van der Waals surface area contributed by atoms with Gasteiger partial charge in [-0.15, -0.1) is 0 Å². The lowest BCUT2D eigenvalue weighted by Gasteiger charge is -2.23. The van der Waals surface area contributed by atoms with Crippen LogP contribution >= 0.6 is 0 Å². The molecule has 1 aromatic rings. The first kappa shape index (κ1) is 9.62. The Balaban J connectivity index is 2.32. The molecule has 3 heteroatoms. The number of halogens is 1. The van der Waals surface area contributed by atoms with E-state index in [4.69, 9.17) is 5.73 Å². The smallest absolute Gasteiger partial charge is 0.128 e. The summed E-state index contributed by atoms with van der Waals surface area (Å²) >= 11 is 0. The van der Waals surface area contributed by atoms with Crippen LogP contribution in [0.5, 0.6) is 0 Å². The van der Waals surface area contributed by atoms with Crippen LogP contribution in [0.1, 0.15) is 24.4 Å². The summed E-state index contributed by atoms with van der Waals surface area (Å²) in [6.07, 6.45) is 1.93. The van der Waals surface area contributed by atoms with E-state index in [2.05, 4.69) is 5.32 Å². The molecule has 2 nitrogen and oxygen atoms in total. The number of rotatable bonds is 3. The van der Waals surface area contributed by atoms with Gasteiger partial charge in [0.05, 0.1) is 6.04 Å². The second kappa shape index (κ2) is 3.33. The number of hydrogen-bond acceptors (Lipinski definition) is 2. The summed E-state index contributed by atoms with van der Waals surface area (Å²) in [6.45, 7) is 0. The maximum absolute atomic E-state index is 13.5. The third-order valence-corrected chi connectivity index (χ3v) is 2.91. The minimum absolute atomic E-state index is 0.0660. The lowest BCUT2D eigenvalue weighted by atomic mass is 9.97. The van der Waals surface area contributed by atoms with Crippen molar-refractivity contribution in [2.24, 2.45) is 5.73 Å². The highest BCUT2D eigenvalue weighted by Gasteiger charge is 2.46. The Morgan fingerprint density at radius 2 is 2.07 bits per heavy atom. The SMILES string of the molecule is CNC(c1ccccc1F)C1(N)CC1. The number of nitrogens with two attached hydrogens (primary N) is 1. The summed E-state index contributed by atoms with van der Waals surface area (Å²) in [5, 5.41) is 3.10. The van der Waals surface area contributed by atoms with Crippen molar-refractivity contribution in [2.45, 2.75) is 24.4 Å². The average Bonchev–Trinajstić information content (AvgIpc) is 2.89. The van der Waals surface area contributed by atoms with Crippen molar-refractivity contribution >= 4 is 0 Å². The molecule has 0 spiro atoms. The monoisotopic (exact) mass is 194 g/mol. The molecule has 14 heavy (non-hydrogen) atoms.